The summed E-state index contributed by atoms with van der Waals surface area (Å²) in [7, 11) is 0. The molecule has 92 valence electrons. The highest BCUT2D eigenvalue weighted by Crippen LogP contribution is 2.40. The summed E-state index contributed by atoms with van der Waals surface area (Å²) in [5.41, 5.74) is 13.0. The minimum atomic E-state index is -0.297. The van der Waals surface area contributed by atoms with E-state index in [0.717, 1.165) is 12.8 Å². The van der Waals surface area contributed by atoms with Gasteiger partial charge in [0.1, 0.15) is 0 Å². The Labute approximate surface area is 109 Å². The quantitative estimate of drug-likeness (QED) is 0.807. The van der Waals surface area contributed by atoms with Gasteiger partial charge in [0.15, 0.2) is 0 Å². The Bertz CT molecular complexity index is 600. The van der Waals surface area contributed by atoms with Gasteiger partial charge in [-0.25, -0.2) is 0 Å². The van der Waals surface area contributed by atoms with Gasteiger partial charge >= 0.3 is 0 Å². The van der Waals surface area contributed by atoms with Gasteiger partial charge < -0.3 is 5.73 Å². The molecule has 0 heterocycles. The molecule has 1 unspecified atom stereocenters. The molecule has 0 radical (unpaired) electrons. The molecule has 3 rings (SSSR count). The van der Waals surface area contributed by atoms with E-state index < -0.39 is 0 Å². The maximum Gasteiger partial charge on any atom is 0.0671 e. The van der Waals surface area contributed by atoms with Crippen LogP contribution in [0, 0.1) is 13.8 Å². The summed E-state index contributed by atoms with van der Waals surface area (Å²) in [6.45, 7) is 4.30. The lowest BCUT2D eigenvalue weighted by Crippen LogP contribution is -2.35. The third-order valence-corrected chi connectivity index (χ3v) is 4.31. The summed E-state index contributed by atoms with van der Waals surface area (Å²) in [6.07, 6.45) is 2.09. The number of benzene rings is 2. The second-order valence-electron chi connectivity index (χ2n) is 5.43. The van der Waals surface area contributed by atoms with Crippen molar-refractivity contribution in [3.8, 4) is 0 Å². The van der Waals surface area contributed by atoms with E-state index >= 15 is 0 Å². The van der Waals surface area contributed by atoms with Crippen LogP contribution in [0.25, 0.3) is 0 Å². The highest BCUT2D eigenvalue weighted by Gasteiger charge is 2.36. The summed E-state index contributed by atoms with van der Waals surface area (Å²) >= 11 is 0. The summed E-state index contributed by atoms with van der Waals surface area (Å²) in [4.78, 5) is 0. The molecular weight excluding hydrogens is 218 g/mol. The van der Waals surface area contributed by atoms with E-state index in [1.54, 1.807) is 0 Å². The van der Waals surface area contributed by atoms with Crippen molar-refractivity contribution in [2.75, 3.05) is 0 Å². The second-order valence-corrected chi connectivity index (χ2v) is 5.43. The molecule has 0 aromatic heterocycles. The first-order valence-electron chi connectivity index (χ1n) is 6.56. The molecule has 1 aliphatic carbocycles. The molecule has 18 heavy (non-hydrogen) atoms. The molecule has 2 N–H and O–H groups in total. The Hall–Kier alpha value is -1.60. The molecule has 0 aliphatic heterocycles. The van der Waals surface area contributed by atoms with Crippen molar-refractivity contribution in [3.05, 3.63) is 70.3 Å². The van der Waals surface area contributed by atoms with Crippen molar-refractivity contribution >= 4 is 0 Å². The van der Waals surface area contributed by atoms with Crippen LogP contribution in [0.1, 0.15) is 34.2 Å². The molecule has 0 saturated carbocycles. The third-order valence-electron chi connectivity index (χ3n) is 4.31. The fraction of sp³-hybridized carbons (Fsp3) is 0.294. The first kappa shape index (κ1) is 11.5. The summed E-state index contributed by atoms with van der Waals surface area (Å²) in [5, 5.41) is 0. The molecule has 1 nitrogen and oxygen atoms in total. The zero-order chi connectivity index (χ0) is 12.8. The summed E-state index contributed by atoms with van der Waals surface area (Å²) < 4.78 is 0. The number of fused-ring (bicyclic) bond motifs is 1. The highest BCUT2D eigenvalue weighted by atomic mass is 14.8. The molecule has 1 heteroatoms. The van der Waals surface area contributed by atoms with Gasteiger partial charge in [-0.1, -0.05) is 42.5 Å². The van der Waals surface area contributed by atoms with Crippen LogP contribution in [0.2, 0.25) is 0 Å². The maximum absolute atomic E-state index is 6.71. The van der Waals surface area contributed by atoms with E-state index in [9.17, 15) is 0 Å². The molecule has 2 aromatic rings. The molecule has 2 aromatic carbocycles. The van der Waals surface area contributed by atoms with Crippen molar-refractivity contribution in [2.24, 2.45) is 5.73 Å². The van der Waals surface area contributed by atoms with E-state index in [0.29, 0.717) is 0 Å². The van der Waals surface area contributed by atoms with E-state index in [-0.39, 0.29) is 5.54 Å². The Balaban J connectivity index is 2.14. The Morgan fingerprint density at radius 1 is 1.00 bits per heavy atom. The molecule has 1 aliphatic rings. The maximum atomic E-state index is 6.71. The number of nitrogens with two attached hydrogens (primary N) is 1. The van der Waals surface area contributed by atoms with Gasteiger partial charge in [-0.05, 0) is 54.5 Å². The van der Waals surface area contributed by atoms with Gasteiger partial charge in [-0.3, -0.25) is 0 Å². The molecular formula is C17H19N. The van der Waals surface area contributed by atoms with Gasteiger partial charge in [-0.15, -0.1) is 0 Å². The first-order valence-corrected chi connectivity index (χ1v) is 6.56. The monoisotopic (exact) mass is 237 g/mol. The highest BCUT2D eigenvalue weighted by molar-refractivity contribution is 5.48. The van der Waals surface area contributed by atoms with Crippen molar-refractivity contribution in [3.63, 3.8) is 0 Å². The second kappa shape index (κ2) is 3.96. The van der Waals surface area contributed by atoms with Crippen LogP contribution < -0.4 is 5.73 Å². The fourth-order valence-electron chi connectivity index (χ4n) is 2.96. The van der Waals surface area contributed by atoms with Crippen LogP contribution in [0.15, 0.2) is 42.5 Å². The molecule has 0 bridgehead atoms. The van der Waals surface area contributed by atoms with Crippen LogP contribution in [0.5, 0.6) is 0 Å². The molecule has 0 spiro atoms. The Morgan fingerprint density at radius 2 is 1.78 bits per heavy atom. The Morgan fingerprint density at radius 3 is 2.56 bits per heavy atom. The summed E-state index contributed by atoms with van der Waals surface area (Å²) in [5.74, 6) is 0. The molecule has 0 amide bonds. The minimum Gasteiger partial charge on any atom is -0.318 e. The topological polar surface area (TPSA) is 26.0 Å². The van der Waals surface area contributed by atoms with Crippen molar-refractivity contribution in [1.29, 1.82) is 0 Å². The van der Waals surface area contributed by atoms with Gasteiger partial charge in [0, 0.05) is 0 Å². The van der Waals surface area contributed by atoms with Crippen molar-refractivity contribution in [2.45, 2.75) is 32.2 Å². The molecule has 0 saturated heterocycles. The summed E-state index contributed by atoms with van der Waals surface area (Å²) in [6, 6.07) is 15.2. The van der Waals surface area contributed by atoms with Gasteiger partial charge in [-0.2, -0.15) is 0 Å². The average Bonchev–Trinajstić information content (AvgIpc) is 2.73. The minimum absolute atomic E-state index is 0.297. The van der Waals surface area contributed by atoms with Crippen LogP contribution in [-0.2, 0) is 12.0 Å². The average molecular weight is 237 g/mol. The zero-order valence-corrected chi connectivity index (χ0v) is 11.0. The largest absolute Gasteiger partial charge is 0.318 e. The van der Waals surface area contributed by atoms with Crippen molar-refractivity contribution < 1.29 is 0 Å². The Kier molecular flexibility index (Phi) is 2.53. The zero-order valence-electron chi connectivity index (χ0n) is 11.0. The van der Waals surface area contributed by atoms with Gasteiger partial charge in [0.2, 0.25) is 0 Å². The lowest BCUT2D eigenvalue weighted by atomic mass is 9.84. The van der Waals surface area contributed by atoms with Crippen LogP contribution in [0.4, 0.5) is 0 Å². The van der Waals surface area contributed by atoms with E-state index in [4.69, 9.17) is 5.73 Å². The predicted molar refractivity (Wildman–Crippen MR) is 75.6 cm³/mol. The smallest absolute Gasteiger partial charge is 0.0671 e. The third kappa shape index (κ3) is 1.58. The number of hydrogen-bond acceptors (Lipinski definition) is 1. The molecule has 0 fully saturated rings. The normalized spacial score (nSPS) is 21.9. The number of rotatable bonds is 1. The SMILES string of the molecule is Cc1ccc(C2(N)CCc3ccccc32)cc1C. The van der Waals surface area contributed by atoms with Crippen molar-refractivity contribution in [1.82, 2.24) is 0 Å². The molecule has 1 atom stereocenters. The number of aryl methyl sites for hydroxylation is 3. The predicted octanol–water partition coefficient (Wildman–Crippen LogP) is 3.45. The lowest BCUT2D eigenvalue weighted by molar-refractivity contribution is 0.534. The lowest BCUT2D eigenvalue weighted by Gasteiger charge is -2.27. The van der Waals surface area contributed by atoms with Crippen LogP contribution in [-0.4, -0.2) is 0 Å². The van der Waals surface area contributed by atoms with E-state index in [2.05, 4.69) is 56.3 Å². The van der Waals surface area contributed by atoms with Crippen LogP contribution in [0.3, 0.4) is 0 Å². The fourth-order valence-corrected chi connectivity index (χ4v) is 2.96. The number of hydrogen-bond donors (Lipinski definition) is 1. The van der Waals surface area contributed by atoms with Gasteiger partial charge in [0.25, 0.3) is 0 Å². The van der Waals surface area contributed by atoms with Gasteiger partial charge in [0.05, 0.1) is 5.54 Å². The standard InChI is InChI=1S/C17H19N/c1-12-7-8-15(11-13(12)2)17(18)10-9-14-5-3-4-6-16(14)17/h3-8,11H,9-10,18H2,1-2H3. The van der Waals surface area contributed by atoms with Crippen LogP contribution >= 0.6 is 0 Å². The van der Waals surface area contributed by atoms with E-state index in [1.807, 2.05) is 0 Å². The first-order chi connectivity index (χ1) is 8.61. The van der Waals surface area contributed by atoms with E-state index in [1.165, 1.54) is 27.8 Å².